The van der Waals surface area contributed by atoms with Crippen molar-refractivity contribution in [2.24, 2.45) is 5.73 Å². The molecule has 1 rings (SSSR count). The minimum atomic E-state index is -1.13. The summed E-state index contributed by atoms with van der Waals surface area (Å²) in [6, 6.07) is -1.05. The highest BCUT2D eigenvalue weighted by molar-refractivity contribution is 5.73. The lowest BCUT2D eigenvalue weighted by molar-refractivity contribution is -0.138. The number of aromatic nitrogens is 2. The lowest BCUT2D eigenvalue weighted by atomic mass is 10.2. The normalized spacial score (nSPS) is 12.3. The van der Waals surface area contributed by atoms with E-state index in [0.29, 0.717) is 5.69 Å². The molecule has 0 amide bonds. The predicted molar refractivity (Wildman–Crippen MR) is 49.2 cm³/mol. The molecule has 15 heavy (non-hydrogen) atoms. The fourth-order valence-corrected chi connectivity index (χ4v) is 1.12. The van der Waals surface area contributed by atoms with E-state index >= 15 is 0 Å². The summed E-state index contributed by atoms with van der Waals surface area (Å²) < 4.78 is 1.35. The smallest absolute Gasteiger partial charge is 0.323 e. The van der Waals surface area contributed by atoms with Gasteiger partial charge >= 0.3 is 11.9 Å². The minimum absolute atomic E-state index is 0.0581. The minimum Gasteiger partial charge on any atom is -0.480 e. The maximum Gasteiger partial charge on any atom is 0.323 e. The van der Waals surface area contributed by atoms with E-state index in [1.165, 1.54) is 17.1 Å². The highest BCUT2D eigenvalue weighted by atomic mass is 16.4. The number of nitrogens with two attached hydrogens (primary N) is 1. The fourth-order valence-electron chi connectivity index (χ4n) is 1.12. The second kappa shape index (κ2) is 4.56. The zero-order chi connectivity index (χ0) is 11.4. The van der Waals surface area contributed by atoms with Gasteiger partial charge in [-0.15, -0.1) is 0 Å². The number of rotatable bonds is 5. The van der Waals surface area contributed by atoms with Crippen molar-refractivity contribution in [3.05, 3.63) is 18.2 Å². The monoisotopic (exact) mass is 213 g/mol. The Morgan fingerprint density at radius 2 is 2.20 bits per heavy atom. The summed E-state index contributed by atoms with van der Waals surface area (Å²) in [5.74, 6) is -2.14. The molecule has 0 saturated heterocycles. The first-order chi connectivity index (χ1) is 7.00. The molecule has 1 heterocycles. The van der Waals surface area contributed by atoms with Gasteiger partial charge in [0.2, 0.25) is 0 Å². The van der Waals surface area contributed by atoms with Crippen molar-refractivity contribution in [2.45, 2.75) is 19.0 Å². The molecule has 0 aromatic carbocycles. The van der Waals surface area contributed by atoms with Crippen LogP contribution in [-0.2, 0) is 22.6 Å². The Kier molecular flexibility index (Phi) is 3.40. The van der Waals surface area contributed by atoms with E-state index in [9.17, 15) is 9.59 Å². The first-order valence-electron chi connectivity index (χ1n) is 4.20. The molecule has 1 atom stereocenters. The molecule has 4 N–H and O–H groups in total. The van der Waals surface area contributed by atoms with Gasteiger partial charge in [0.1, 0.15) is 12.6 Å². The molecule has 1 aromatic rings. The van der Waals surface area contributed by atoms with Crippen LogP contribution in [0.2, 0.25) is 0 Å². The Hall–Kier alpha value is -1.89. The van der Waals surface area contributed by atoms with Crippen LogP contribution < -0.4 is 5.73 Å². The van der Waals surface area contributed by atoms with Crippen LogP contribution in [0, 0.1) is 0 Å². The van der Waals surface area contributed by atoms with E-state index in [4.69, 9.17) is 15.9 Å². The molecule has 7 heteroatoms. The number of hydrogen-bond donors (Lipinski definition) is 3. The van der Waals surface area contributed by atoms with E-state index in [2.05, 4.69) is 4.98 Å². The van der Waals surface area contributed by atoms with Crippen molar-refractivity contribution < 1.29 is 19.8 Å². The van der Waals surface area contributed by atoms with E-state index in [0.717, 1.165) is 0 Å². The van der Waals surface area contributed by atoms with Gasteiger partial charge in [-0.25, -0.2) is 4.98 Å². The van der Waals surface area contributed by atoms with Crippen molar-refractivity contribution in [3.8, 4) is 0 Å². The number of aliphatic carboxylic acids is 2. The number of carboxylic acid groups (broad SMARTS) is 2. The molecule has 1 aromatic heterocycles. The average molecular weight is 213 g/mol. The Balaban J connectivity index is 2.72. The summed E-state index contributed by atoms with van der Waals surface area (Å²) in [6.07, 6.45) is 2.80. The van der Waals surface area contributed by atoms with Gasteiger partial charge in [-0.1, -0.05) is 0 Å². The predicted octanol–water partition coefficient (Wildman–Crippen LogP) is -1.08. The molecule has 0 fully saturated rings. The molecule has 0 spiro atoms. The zero-order valence-corrected chi connectivity index (χ0v) is 7.83. The first-order valence-corrected chi connectivity index (χ1v) is 4.20. The molecule has 0 aliphatic rings. The number of carbonyl (C=O) groups is 2. The standard InChI is InChI=1S/C8H11N3O4/c9-6(8(14)15)1-5-2-10-4-11(5)3-7(12)13/h2,4,6H,1,3,9H2,(H,12,13)(H,14,15). The van der Waals surface area contributed by atoms with Crippen LogP contribution in [-0.4, -0.2) is 37.7 Å². The second-order valence-electron chi connectivity index (χ2n) is 3.06. The summed E-state index contributed by atoms with van der Waals surface area (Å²) in [7, 11) is 0. The van der Waals surface area contributed by atoms with Gasteiger partial charge in [0.05, 0.1) is 6.33 Å². The summed E-state index contributed by atoms with van der Waals surface area (Å²) in [5.41, 5.74) is 5.81. The molecule has 0 saturated carbocycles. The Labute approximate surface area is 85.1 Å². The number of imidazole rings is 1. The lowest BCUT2D eigenvalue weighted by Gasteiger charge is -2.08. The average Bonchev–Trinajstić information content (AvgIpc) is 2.51. The van der Waals surface area contributed by atoms with E-state index < -0.39 is 18.0 Å². The van der Waals surface area contributed by atoms with E-state index in [-0.39, 0.29) is 13.0 Å². The number of hydrogen-bond acceptors (Lipinski definition) is 4. The van der Waals surface area contributed by atoms with Gasteiger partial charge in [-0.2, -0.15) is 0 Å². The third-order valence-electron chi connectivity index (χ3n) is 1.85. The highest BCUT2D eigenvalue weighted by Gasteiger charge is 2.15. The van der Waals surface area contributed by atoms with Crippen LogP contribution >= 0.6 is 0 Å². The van der Waals surface area contributed by atoms with Gasteiger partial charge in [-0.3, -0.25) is 9.59 Å². The Morgan fingerprint density at radius 1 is 1.53 bits per heavy atom. The highest BCUT2D eigenvalue weighted by Crippen LogP contribution is 2.02. The lowest BCUT2D eigenvalue weighted by Crippen LogP contribution is -2.33. The van der Waals surface area contributed by atoms with Crippen LogP contribution in [0.1, 0.15) is 5.69 Å². The Morgan fingerprint density at radius 3 is 2.73 bits per heavy atom. The topological polar surface area (TPSA) is 118 Å². The second-order valence-corrected chi connectivity index (χ2v) is 3.06. The molecule has 1 unspecified atom stereocenters. The molecule has 0 aliphatic heterocycles. The molecular formula is C8H11N3O4. The Bertz CT molecular complexity index is 374. The maximum absolute atomic E-state index is 10.5. The van der Waals surface area contributed by atoms with Gasteiger partial charge in [-0.05, 0) is 0 Å². The number of carboxylic acids is 2. The third kappa shape index (κ3) is 3.06. The van der Waals surface area contributed by atoms with Crippen LogP contribution in [0.5, 0.6) is 0 Å². The molecule has 82 valence electrons. The summed E-state index contributed by atoms with van der Waals surface area (Å²) in [6.45, 7) is -0.248. The number of nitrogens with zero attached hydrogens (tertiary/aromatic N) is 2. The van der Waals surface area contributed by atoms with E-state index in [1.54, 1.807) is 0 Å². The summed E-state index contributed by atoms with van der Waals surface area (Å²) >= 11 is 0. The van der Waals surface area contributed by atoms with Crippen molar-refractivity contribution in [2.75, 3.05) is 0 Å². The van der Waals surface area contributed by atoms with Gasteiger partial charge in [0.15, 0.2) is 0 Å². The fraction of sp³-hybridized carbons (Fsp3) is 0.375. The zero-order valence-electron chi connectivity index (χ0n) is 7.83. The van der Waals surface area contributed by atoms with Crippen LogP contribution in [0.4, 0.5) is 0 Å². The third-order valence-corrected chi connectivity index (χ3v) is 1.85. The molecule has 7 nitrogen and oxygen atoms in total. The van der Waals surface area contributed by atoms with Crippen LogP contribution in [0.3, 0.4) is 0 Å². The van der Waals surface area contributed by atoms with Crippen LogP contribution in [0.15, 0.2) is 12.5 Å². The van der Waals surface area contributed by atoms with E-state index in [1.807, 2.05) is 0 Å². The molecule has 0 bridgehead atoms. The molecule has 0 aliphatic carbocycles. The van der Waals surface area contributed by atoms with Crippen LogP contribution in [0.25, 0.3) is 0 Å². The summed E-state index contributed by atoms with van der Waals surface area (Å²) in [5, 5.41) is 17.1. The van der Waals surface area contributed by atoms with Gasteiger partial charge in [0.25, 0.3) is 0 Å². The molecule has 0 radical (unpaired) electrons. The summed E-state index contributed by atoms with van der Waals surface area (Å²) in [4.78, 5) is 24.7. The largest absolute Gasteiger partial charge is 0.480 e. The van der Waals surface area contributed by atoms with Crippen molar-refractivity contribution in [3.63, 3.8) is 0 Å². The quantitative estimate of drug-likeness (QED) is 0.572. The van der Waals surface area contributed by atoms with Gasteiger partial charge < -0.3 is 20.5 Å². The van der Waals surface area contributed by atoms with Crippen molar-refractivity contribution in [1.29, 1.82) is 0 Å². The van der Waals surface area contributed by atoms with Crippen molar-refractivity contribution in [1.82, 2.24) is 9.55 Å². The first kappa shape index (κ1) is 11.2. The molecular weight excluding hydrogens is 202 g/mol. The maximum atomic E-state index is 10.5. The SMILES string of the molecule is NC(Cc1cncn1CC(=O)O)C(=O)O. The van der Waals surface area contributed by atoms with Gasteiger partial charge in [0, 0.05) is 18.3 Å². The van der Waals surface area contributed by atoms with Crippen molar-refractivity contribution >= 4 is 11.9 Å².